The van der Waals surface area contributed by atoms with Crippen LogP contribution in [0.4, 0.5) is 5.69 Å². The molecule has 0 amide bonds. The Balaban J connectivity index is 1.70. The number of hydrogen-bond donors (Lipinski definition) is 1. The maximum absolute atomic E-state index is 12.2. The zero-order valence-corrected chi connectivity index (χ0v) is 15.2. The standard InChI is InChI=1S/C21H16ClNO4/c1-26-18-9-2-14(3-10-18)21(25)27-19-11-4-15(20(24)12-19)13-23-17-7-5-16(22)6-8-17/h2-13,24H,1H3. The third kappa shape index (κ3) is 4.86. The predicted octanol–water partition coefficient (Wildman–Crippen LogP) is 5.02. The highest BCUT2D eigenvalue weighted by Gasteiger charge is 2.10. The number of halogens is 1. The largest absolute Gasteiger partial charge is 0.507 e. The van der Waals surface area contributed by atoms with Gasteiger partial charge in [-0.3, -0.25) is 4.99 Å². The van der Waals surface area contributed by atoms with E-state index < -0.39 is 5.97 Å². The van der Waals surface area contributed by atoms with Crippen molar-refractivity contribution in [3.63, 3.8) is 0 Å². The van der Waals surface area contributed by atoms with Gasteiger partial charge in [0.2, 0.25) is 0 Å². The summed E-state index contributed by atoms with van der Waals surface area (Å²) >= 11 is 5.83. The topological polar surface area (TPSA) is 68.1 Å². The molecule has 0 aromatic heterocycles. The number of carbonyl (C=O) groups is 1. The van der Waals surface area contributed by atoms with Crippen LogP contribution in [0.15, 0.2) is 71.7 Å². The Kier molecular flexibility index (Phi) is 5.74. The number of benzene rings is 3. The normalized spacial score (nSPS) is 10.7. The summed E-state index contributed by atoms with van der Waals surface area (Å²) in [6, 6.07) is 18.1. The van der Waals surface area contributed by atoms with E-state index in [0.717, 1.165) is 0 Å². The van der Waals surface area contributed by atoms with E-state index >= 15 is 0 Å². The zero-order valence-electron chi connectivity index (χ0n) is 14.4. The van der Waals surface area contributed by atoms with Crippen molar-refractivity contribution in [2.45, 2.75) is 0 Å². The third-order valence-electron chi connectivity index (χ3n) is 3.72. The lowest BCUT2D eigenvalue weighted by Crippen LogP contribution is -2.08. The summed E-state index contributed by atoms with van der Waals surface area (Å²) in [5.41, 5.74) is 1.58. The Hall–Kier alpha value is -3.31. The maximum atomic E-state index is 12.2. The summed E-state index contributed by atoms with van der Waals surface area (Å²) in [7, 11) is 1.55. The number of carbonyl (C=O) groups excluding carboxylic acids is 1. The van der Waals surface area contributed by atoms with Crippen LogP contribution in [0.5, 0.6) is 17.2 Å². The van der Waals surface area contributed by atoms with E-state index in [4.69, 9.17) is 21.1 Å². The molecule has 3 aromatic carbocycles. The molecule has 0 fully saturated rings. The van der Waals surface area contributed by atoms with Crippen LogP contribution in [0, 0.1) is 0 Å². The number of rotatable bonds is 5. The summed E-state index contributed by atoms with van der Waals surface area (Å²) < 4.78 is 10.3. The number of aromatic hydroxyl groups is 1. The van der Waals surface area contributed by atoms with Crippen LogP contribution in [0.25, 0.3) is 0 Å². The molecule has 0 aliphatic rings. The number of aliphatic imine (C=N–C) groups is 1. The van der Waals surface area contributed by atoms with E-state index in [1.165, 1.54) is 12.3 Å². The molecule has 3 aromatic rings. The molecule has 0 unspecified atom stereocenters. The Morgan fingerprint density at radius 2 is 1.67 bits per heavy atom. The molecule has 0 spiro atoms. The van der Waals surface area contributed by atoms with Crippen molar-refractivity contribution in [3.05, 3.63) is 82.9 Å². The highest BCUT2D eigenvalue weighted by molar-refractivity contribution is 6.30. The van der Waals surface area contributed by atoms with Gasteiger partial charge in [0, 0.05) is 22.9 Å². The minimum atomic E-state index is -0.528. The minimum Gasteiger partial charge on any atom is -0.507 e. The van der Waals surface area contributed by atoms with E-state index in [1.807, 2.05) is 0 Å². The van der Waals surface area contributed by atoms with Gasteiger partial charge in [-0.25, -0.2) is 4.79 Å². The second-order valence-corrected chi connectivity index (χ2v) is 6.01. The van der Waals surface area contributed by atoms with E-state index in [-0.39, 0.29) is 11.5 Å². The number of methoxy groups -OCH3 is 1. The average Bonchev–Trinajstić information content (AvgIpc) is 2.68. The maximum Gasteiger partial charge on any atom is 0.343 e. The highest BCUT2D eigenvalue weighted by Crippen LogP contribution is 2.24. The number of esters is 1. The molecule has 27 heavy (non-hydrogen) atoms. The summed E-state index contributed by atoms with van der Waals surface area (Å²) in [5, 5.41) is 10.8. The van der Waals surface area contributed by atoms with Gasteiger partial charge in [0.25, 0.3) is 0 Å². The molecule has 0 saturated heterocycles. The lowest BCUT2D eigenvalue weighted by Gasteiger charge is -2.07. The van der Waals surface area contributed by atoms with Crippen LogP contribution in [-0.4, -0.2) is 24.4 Å². The lowest BCUT2D eigenvalue weighted by molar-refractivity contribution is 0.0734. The molecule has 1 N–H and O–H groups in total. The van der Waals surface area contributed by atoms with Crippen LogP contribution in [-0.2, 0) is 0 Å². The Bertz CT molecular complexity index is 966. The van der Waals surface area contributed by atoms with Crippen molar-refractivity contribution >= 4 is 29.5 Å². The summed E-state index contributed by atoms with van der Waals surface area (Å²) in [6.07, 6.45) is 1.52. The van der Waals surface area contributed by atoms with Crippen LogP contribution in [0.3, 0.4) is 0 Å². The summed E-state index contributed by atoms with van der Waals surface area (Å²) in [4.78, 5) is 16.4. The van der Waals surface area contributed by atoms with Crippen molar-refractivity contribution < 1.29 is 19.4 Å². The quantitative estimate of drug-likeness (QED) is 0.382. The van der Waals surface area contributed by atoms with E-state index in [9.17, 15) is 9.90 Å². The van der Waals surface area contributed by atoms with Gasteiger partial charge in [-0.05, 0) is 60.7 Å². The third-order valence-corrected chi connectivity index (χ3v) is 3.97. The first-order chi connectivity index (χ1) is 13.0. The van der Waals surface area contributed by atoms with Crippen molar-refractivity contribution in [2.75, 3.05) is 7.11 Å². The Morgan fingerprint density at radius 3 is 2.30 bits per heavy atom. The second kappa shape index (κ2) is 8.38. The fourth-order valence-corrected chi connectivity index (χ4v) is 2.39. The number of ether oxygens (including phenoxy) is 2. The SMILES string of the molecule is COc1ccc(C(=O)Oc2ccc(C=Nc3ccc(Cl)cc3)c(O)c2)cc1. The van der Waals surface area contributed by atoms with Gasteiger partial charge in [-0.1, -0.05) is 11.6 Å². The lowest BCUT2D eigenvalue weighted by atomic mass is 10.2. The monoisotopic (exact) mass is 381 g/mol. The number of nitrogens with zero attached hydrogens (tertiary/aromatic N) is 1. The van der Waals surface area contributed by atoms with Gasteiger partial charge in [0.05, 0.1) is 18.4 Å². The molecular weight excluding hydrogens is 366 g/mol. The van der Waals surface area contributed by atoms with Crippen LogP contribution >= 0.6 is 11.6 Å². The number of phenolic OH excluding ortho intramolecular Hbond substituents is 1. The van der Waals surface area contributed by atoms with Crippen LogP contribution < -0.4 is 9.47 Å². The van der Waals surface area contributed by atoms with Gasteiger partial charge in [-0.2, -0.15) is 0 Å². The smallest absolute Gasteiger partial charge is 0.343 e. The first kappa shape index (κ1) is 18.5. The fourth-order valence-electron chi connectivity index (χ4n) is 2.26. The van der Waals surface area contributed by atoms with Crippen molar-refractivity contribution in [1.29, 1.82) is 0 Å². The number of hydrogen-bond acceptors (Lipinski definition) is 5. The van der Waals surface area contributed by atoms with Gasteiger partial charge in [0.15, 0.2) is 0 Å². The van der Waals surface area contributed by atoms with Gasteiger partial charge >= 0.3 is 5.97 Å². The first-order valence-electron chi connectivity index (χ1n) is 8.04. The van der Waals surface area contributed by atoms with Crippen LogP contribution in [0.1, 0.15) is 15.9 Å². The molecular formula is C21H16ClNO4. The van der Waals surface area contributed by atoms with Crippen molar-refractivity contribution in [2.24, 2.45) is 4.99 Å². The average molecular weight is 382 g/mol. The second-order valence-electron chi connectivity index (χ2n) is 5.57. The molecule has 0 radical (unpaired) electrons. The van der Waals surface area contributed by atoms with E-state index in [0.29, 0.717) is 27.6 Å². The molecule has 0 heterocycles. The number of phenols is 1. The predicted molar refractivity (Wildman–Crippen MR) is 105 cm³/mol. The minimum absolute atomic E-state index is 0.0484. The molecule has 0 bridgehead atoms. The summed E-state index contributed by atoms with van der Waals surface area (Å²) in [5.74, 6) is 0.304. The first-order valence-corrected chi connectivity index (χ1v) is 8.42. The molecule has 0 atom stereocenters. The Labute approximate surface area is 161 Å². The van der Waals surface area contributed by atoms with E-state index in [1.54, 1.807) is 67.8 Å². The molecule has 0 aliphatic heterocycles. The molecule has 136 valence electrons. The molecule has 5 nitrogen and oxygen atoms in total. The van der Waals surface area contributed by atoms with Gasteiger partial charge < -0.3 is 14.6 Å². The Morgan fingerprint density at radius 1 is 1.00 bits per heavy atom. The molecule has 6 heteroatoms. The van der Waals surface area contributed by atoms with Gasteiger partial charge in [0.1, 0.15) is 17.2 Å². The fraction of sp³-hybridized carbons (Fsp3) is 0.0476. The molecule has 3 rings (SSSR count). The molecule has 0 aliphatic carbocycles. The van der Waals surface area contributed by atoms with Gasteiger partial charge in [-0.15, -0.1) is 0 Å². The van der Waals surface area contributed by atoms with E-state index in [2.05, 4.69) is 4.99 Å². The van der Waals surface area contributed by atoms with Crippen LogP contribution in [0.2, 0.25) is 5.02 Å². The highest BCUT2D eigenvalue weighted by atomic mass is 35.5. The molecule has 0 saturated carbocycles. The summed E-state index contributed by atoms with van der Waals surface area (Å²) in [6.45, 7) is 0. The zero-order chi connectivity index (χ0) is 19.2. The van der Waals surface area contributed by atoms with Crippen molar-refractivity contribution in [3.8, 4) is 17.2 Å². The van der Waals surface area contributed by atoms with Crippen molar-refractivity contribution in [1.82, 2.24) is 0 Å².